The Labute approximate surface area is 202 Å². The average molecular weight is 529 g/mol. The van der Waals surface area contributed by atoms with Crippen molar-refractivity contribution in [3.05, 3.63) is 76.6 Å². The van der Waals surface area contributed by atoms with Crippen LogP contribution in [-0.2, 0) is 36.3 Å². The summed E-state index contributed by atoms with van der Waals surface area (Å²) in [5.74, 6) is -1.21. The molecule has 0 spiro atoms. The van der Waals surface area contributed by atoms with E-state index < -0.39 is 45.9 Å². The minimum atomic E-state index is -4.82. The Kier molecular flexibility index (Phi) is 6.75. The Bertz CT molecular complexity index is 1350. The van der Waals surface area contributed by atoms with Gasteiger partial charge in [0.15, 0.2) is 0 Å². The van der Waals surface area contributed by atoms with Crippen LogP contribution < -0.4 is 15.4 Å². The topological polar surface area (TPSA) is 101 Å². The number of pyridine rings is 2. The number of aromatic nitrogens is 2. The fourth-order valence-electron chi connectivity index (χ4n) is 3.85. The molecule has 1 aromatic carbocycles. The van der Waals surface area contributed by atoms with Gasteiger partial charge in [-0.1, -0.05) is 12.1 Å². The third-order valence-electron chi connectivity index (χ3n) is 5.52. The van der Waals surface area contributed by atoms with Crippen LogP contribution in [0.3, 0.4) is 0 Å². The highest BCUT2D eigenvalue weighted by atomic mass is 32.2. The van der Waals surface area contributed by atoms with Gasteiger partial charge in [-0.3, -0.25) is 4.79 Å². The maximum absolute atomic E-state index is 13.6. The molecule has 1 amide bonds. The Hall–Kier alpha value is -3.52. The maximum atomic E-state index is 13.6. The predicted molar refractivity (Wildman–Crippen MR) is 118 cm³/mol. The number of carbonyl (C=O) groups is 1. The van der Waals surface area contributed by atoms with Gasteiger partial charge in [0.05, 0.1) is 16.7 Å². The summed E-state index contributed by atoms with van der Waals surface area (Å²) >= 11 is 0. The van der Waals surface area contributed by atoms with Gasteiger partial charge in [-0.2, -0.15) is 26.3 Å². The number of amides is 1. The molecule has 0 aliphatic carbocycles. The number of nitrogens with two attached hydrogens (primary N) is 1. The summed E-state index contributed by atoms with van der Waals surface area (Å²) in [7, 11) is -1.98. The lowest BCUT2D eigenvalue weighted by Crippen LogP contribution is -2.34. The number of anilines is 2. The second kappa shape index (κ2) is 9.50. The molecule has 36 heavy (non-hydrogen) atoms. The first-order valence-corrected chi connectivity index (χ1v) is 11.5. The van der Waals surface area contributed by atoms with E-state index in [1.54, 1.807) is 6.07 Å². The second-order valence-corrected chi connectivity index (χ2v) is 8.85. The summed E-state index contributed by atoms with van der Waals surface area (Å²) < 4.78 is 92.3. The Morgan fingerprint density at radius 2 is 1.81 bits per heavy atom. The number of alkyl halides is 6. The number of nitrogens with one attached hydrogen (secondary N) is 1. The summed E-state index contributed by atoms with van der Waals surface area (Å²) in [6.07, 6.45) is -7.57. The van der Waals surface area contributed by atoms with E-state index in [0.29, 0.717) is 17.8 Å². The largest absolute Gasteiger partial charge is 0.417 e. The third-order valence-corrected chi connectivity index (χ3v) is 6.15. The molecule has 2 aromatic heterocycles. The van der Waals surface area contributed by atoms with Crippen LogP contribution in [0.15, 0.2) is 53.8 Å². The molecule has 4 rings (SSSR count). The number of hydrogen-bond donors (Lipinski definition) is 2. The molecule has 1 unspecified atom stereocenters. The van der Waals surface area contributed by atoms with Crippen molar-refractivity contribution in [3.8, 4) is 0 Å². The first kappa shape index (κ1) is 25.6. The van der Waals surface area contributed by atoms with E-state index in [4.69, 9.17) is 5.14 Å². The van der Waals surface area contributed by atoms with Gasteiger partial charge in [0, 0.05) is 31.2 Å². The number of carbonyl (C=O) groups excluding carboxylic acids is 1. The molecule has 3 heterocycles. The molecule has 14 heteroatoms. The molecule has 3 N–H and O–H groups in total. The number of halogens is 6. The number of nitrogens with zero attached hydrogens (tertiary/aromatic N) is 3. The van der Waals surface area contributed by atoms with E-state index in [1.807, 2.05) is 0 Å². The predicted octanol–water partition coefficient (Wildman–Crippen LogP) is 4.31. The fourth-order valence-corrected chi connectivity index (χ4v) is 4.26. The summed E-state index contributed by atoms with van der Waals surface area (Å²) in [4.78, 5) is 22.0. The van der Waals surface area contributed by atoms with Crippen molar-refractivity contribution < 1.29 is 35.3 Å². The molecule has 7 nitrogen and oxygen atoms in total. The van der Waals surface area contributed by atoms with Gasteiger partial charge in [0.2, 0.25) is 0 Å². The average Bonchev–Trinajstić information content (AvgIpc) is 2.82. The number of hydrogen-bond acceptors (Lipinski definition) is 5. The molecule has 0 saturated carbocycles. The van der Waals surface area contributed by atoms with Crippen LogP contribution in [0.1, 0.15) is 32.6 Å². The summed E-state index contributed by atoms with van der Waals surface area (Å²) in [6.45, 7) is -0.187. The lowest BCUT2D eigenvalue weighted by Gasteiger charge is -2.32. The van der Waals surface area contributed by atoms with E-state index in [9.17, 15) is 35.3 Å². The van der Waals surface area contributed by atoms with Crippen LogP contribution in [0.5, 0.6) is 0 Å². The molecule has 3 aromatic rings. The zero-order valence-corrected chi connectivity index (χ0v) is 19.0. The first-order valence-electron chi connectivity index (χ1n) is 10.3. The van der Waals surface area contributed by atoms with Gasteiger partial charge in [-0.15, -0.1) is 0 Å². The van der Waals surface area contributed by atoms with Gasteiger partial charge in [-0.25, -0.2) is 19.3 Å². The summed E-state index contributed by atoms with van der Waals surface area (Å²) in [5, 5.41) is 7.57. The molecule has 0 saturated heterocycles. The molecule has 0 fully saturated rings. The minimum absolute atomic E-state index is 0.0338. The second-order valence-electron chi connectivity index (χ2n) is 7.84. The van der Waals surface area contributed by atoms with Crippen LogP contribution in [0, 0.1) is 0 Å². The molecule has 1 atom stereocenters. The fraction of sp³-hybridized carbons (Fsp3) is 0.227. The highest BCUT2D eigenvalue weighted by Crippen LogP contribution is 2.38. The maximum Gasteiger partial charge on any atom is 0.417 e. The van der Waals surface area contributed by atoms with Crippen molar-refractivity contribution in [2.75, 3.05) is 16.8 Å². The molecular weight excluding hydrogens is 512 g/mol. The zero-order chi connectivity index (χ0) is 26.3. The summed E-state index contributed by atoms with van der Waals surface area (Å²) in [6, 6.07) is 6.86. The normalized spacial score (nSPS) is 14.8. The van der Waals surface area contributed by atoms with Crippen molar-refractivity contribution in [2.45, 2.75) is 30.3 Å². The van der Waals surface area contributed by atoms with Crippen molar-refractivity contribution in [3.63, 3.8) is 0 Å². The molecule has 0 bridgehead atoms. The van der Waals surface area contributed by atoms with Crippen LogP contribution in [0.4, 0.5) is 37.8 Å². The Balaban J connectivity index is 1.74. The SMILES string of the molecule is NS(=O)c1cc(NC(=O)c2cc(C(F)(F)F)cnc2N2CCc3cccc(C(F)(F)F)c3C2)ccn1. The van der Waals surface area contributed by atoms with E-state index in [2.05, 4.69) is 15.3 Å². The smallest absolute Gasteiger partial charge is 0.351 e. The number of rotatable bonds is 4. The highest BCUT2D eigenvalue weighted by molar-refractivity contribution is 7.82. The van der Waals surface area contributed by atoms with Gasteiger partial charge >= 0.3 is 12.4 Å². The van der Waals surface area contributed by atoms with Crippen molar-refractivity contribution in [1.82, 2.24) is 9.97 Å². The number of fused-ring (bicyclic) bond motifs is 1. The van der Waals surface area contributed by atoms with E-state index in [0.717, 1.165) is 6.07 Å². The minimum Gasteiger partial charge on any atom is -0.351 e. The van der Waals surface area contributed by atoms with Crippen molar-refractivity contribution in [2.24, 2.45) is 5.14 Å². The van der Waals surface area contributed by atoms with Crippen LogP contribution >= 0.6 is 0 Å². The van der Waals surface area contributed by atoms with E-state index in [1.165, 1.54) is 29.3 Å². The van der Waals surface area contributed by atoms with Crippen molar-refractivity contribution >= 4 is 28.4 Å². The standard InChI is InChI=1S/C22H17F6N5O2S/c23-21(24,25)13-8-15(20(34)32-14-4-6-30-18(9-14)36(29)35)19(31-10-13)33-7-5-12-2-1-3-17(16(12)11-33)22(26,27)28/h1-4,6,8-10H,5,7,11,29H2,(H,30,32,34). The highest BCUT2D eigenvalue weighted by Gasteiger charge is 2.37. The van der Waals surface area contributed by atoms with Crippen LogP contribution in [-0.4, -0.2) is 26.6 Å². The number of benzene rings is 1. The van der Waals surface area contributed by atoms with E-state index >= 15 is 0 Å². The van der Waals surface area contributed by atoms with Gasteiger partial charge in [-0.05, 0) is 41.8 Å². The summed E-state index contributed by atoms with van der Waals surface area (Å²) in [5.41, 5.74) is -2.09. The monoisotopic (exact) mass is 529 g/mol. The first-order chi connectivity index (χ1) is 16.8. The Morgan fingerprint density at radius 3 is 2.47 bits per heavy atom. The van der Waals surface area contributed by atoms with Crippen molar-refractivity contribution in [1.29, 1.82) is 0 Å². The van der Waals surface area contributed by atoms with Gasteiger partial charge < -0.3 is 10.2 Å². The lowest BCUT2D eigenvalue weighted by molar-refractivity contribution is -0.139. The molecule has 0 radical (unpaired) electrons. The molecule has 190 valence electrons. The Morgan fingerprint density at radius 1 is 1.06 bits per heavy atom. The molecular formula is C22H17F6N5O2S. The van der Waals surface area contributed by atoms with Crippen LogP contribution in [0.2, 0.25) is 0 Å². The quantitative estimate of drug-likeness (QED) is 0.491. The van der Waals surface area contributed by atoms with E-state index in [-0.39, 0.29) is 41.6 Å². The molecule has 1 aliphatic heterocycles. The molecule has 1 aliphatic rings. The van der Waals surface area contributed by atoms with Gasteiger partial charge in [0.1, 0.15) is 21.8 Å². The van der Waals surface area contributed by atoms with Gasteiger partial charge in [0.25, 0.3) is 5.91 Å². The lowest BCUT2D eigenvalue weighted by atomic mass is 9.94. The van der Waals surface area contributed by atoms with Crippen LogP contribution in [0.25, 0.3) is 0 Å². The zero-order valence-electron chi connectivity index (χ0n) is 18.2. The third kappa shape index (κ3) is 5.33.